The topological polar surface area (TPSA) is 67.7 Å². The highest BCUT2D eigenvalue weighted by molar-refractivity contribution is 5.04. The van der Waals surface area contributed by atoms with Crippen molar-refractivity contribution in [1.82, 2.24) is 14.9 Å². The second-order valence-corrected chi connectivity index (χ2v) is 4.01. The molecule has 1 saturated heterocycles. The van der Waals surface area contributed by atoms with Gasteiger partial charge in [0.2, 0.25) is 0 Å². The molecule has 17 heavy (non-hydrogen) atoms. The Morgan fingerprint density at radius 1 is 1.65 bits per heavy atom. The van der Waals surface area contributed by atoms with Crippen LogP contribution in [0.3, 0.4) is 0 Å². The molecule has 1 aromatic heterocycles. The average molecular weight is 239 g/mol. The van der Waals surface area contributed by atoms with Crippen LogP contribution in [0.25, 0.3) is 0 Å². The summed E-state index contributed by atoms with van der Waals surface area (Å²) in [4.78, 5) is 10.2. The maximum Gasteiger partial charge on any atom is 0.316 e. The van der Waals surface area contributed by atoms with Gasteiger partial charge in [-0.25, -0.2) is 4.98 Å². The number of likely N-dealkylation sites (N-methyl/N-ethyl adjacent to an activating group) is 1. The standard InChI is InChI=1S/C11H17N3O3/c1-14-4-5-16-7-10(14)8-17-11-12-3-2-9(6-15)13-11/h2-3,10,15H,4-8H2,1H3. The van der Waals surface area contributed by atoms with Gasteiger partial charge in [0.05, 0.1) is 31.6 Å². The van der Waals surface area contributed by atoms with Crippen LogP contribution in [-0.4, -0.2) is 59.4 Å². The molecular weight excluding hydrogens is 222 g/mol. The molecule has 1 atom stereocenters. The quantitative estimate of drug-likeness (QED) is 0.776. The normalized spacial score (nSPS) is 21.4. The first kappa shape index (κ1) is 12.2. The first-order chi connectivity index (χ1) is 8.29. The van der Waals surface area contributed by atoms with E-state index in [2.05, 4.69) is 14.9 Å². The maximum atomic E-state index is 8.95. The molecule has 0 radical (unpaired) electrons. The average Bonchev–Trinajstić information content (AvgIpc) is 2.38. The van der Waals surface area contributed by atoms with E-state index in [4.69, 9.17) is 14.6 Å². The summed E-state index contributed by atoms with van der Waals surface area (Å²) in [5.74, 6) is 0. The van der Waals surface area contributed by atoms with Crippen molar-refractivity contribution in [3.8, 4) is 6.01 Å². The molecule has 1 aromatic rings. The zero-order valence-electron chi connectivity index (χ0n) is 9.87. The molecule has 1 fully saturated rings. The molecule has 2 rings (SSSR count). The summed E-state index contributed by atoms with van der Waals surface area (Å²) >= 11 is 0. The smallest absolute Gasteiger partial charge is 0.316 e. The lowest BCUT2D eigenvalue weighted by Crippen LogP contribution is -2.46. The monoisotopic (exact) mass is 239 g/mol. The minimum atomic E-state index is -0.106. The Balaban J connectivity index is 1.88. The van der Waals surface area contributed by atoms with E-state index < -0.39 is 0 Å². The maximum absolute atomic E-state index is 8.95. The van der Waals surface area contributed by atoms with Crippen molar-refractivity contribution in [2.24, 2.45) is 0 Å². The fourth-order valence-electron chi connectivity index (χ4n) is 1.62. The largest absolute Gasteiger partial charge is 0.462 e. The van der Waals surface area contributed by atoms with Crippen molar-refractivity contribution in [1.29, 1.82) is 0 Å². The van der Waals surface area contributed by atoms with E-state index in [1.54, 1.807) is 12.3 Å². The van der Waals surface area contributed by atoms with Gasteiger partial charge in [0, 0.05) is 12.7 Å². The van der Waals surface area contributed by atoms with Crippen molar-refractivity contribution in [2.75, 3.05) is 33.4 Å². The van der Waals surface area contributed by atoms with Crippen molar-refractivity contribution < 1.29 is 14.6 Å². The molecule has 0 saturated carbocycles. The van der Waals surface area contributed by atoms with Crippen molar-refractivity contribution in [2.45, 2.75) is 12.6 Å². The summed E-state index contributed by atoms with van der Waals surface area (Å²) < 4.78 is 10.9. The highest BCUT2D eigenvalue weighted by Gasteiger charge is 2.20. The van der Waals surface area contributed by atoms with Crippen molar-refractivity contribution in [3.63, 3.8) is 0 Å². The Morgan fingerprint density at radius 2 is 2.53 bits per heavy atom. The van der Waals surface area contributed by atoms with Crippen LogP contribution in [0.2, 0.25) is 0 Å². The third-order valence-electron chi connectivity index (χ3n) is 2.78. The summed E-state index contributed by atoms with van der Waals surface area (Å²) in [5.41, 5.74) is 0.559. The molecule has 0 aromatic carbocycles. The number of aliphatic hydroxyl groups excluding tert-OH is 1. The molecule has 6 nitrogen and oxygen atoms in total. The van der Waals surface area contributed by atoms with Crippen molar-refractivity contribution in [3.05, 3.63) is 18.0 Å². The Hall–Kier alpha value is -1.24. The summed E-state index contributed by atoms with van der Waals surface area (Å²) in [6.07, 6.45) is 1.58. The Bertz CT molecular complexity index is 362. The lowest BCUT2D eigenvalue weighted by atomic mass is 10.2. The molecule has 0 aliphatic carbocycles. The summed E-state index contributed by atoms with van der Waals surface area (Å²) in [6.45, 7) is 2.72. The van der Waals surface area contributed by atoms with E-state index in [1.165, 1.54) is 0 Å². The number of nitrogens with zero attached hydrogens (tertiary/aromatic N) is 3. The van der Waals surface area contributed by atoms with Gasteiger partial charge in [-0.1, -0.05) is 0 Å². The number of aromatic nitrogens is 2. The van der Waals surface area contributed by atoms with E-state index in [1.807, 2.05) is 7.05 Å². The third kappa shape index (κ3) is 3.36. The van der Waals surface area contributed by atoms with E-state index in [-0.39, 0.29) is 12.6 Å². The molecule has 1 N–H and O–H groups in total. The zero-order chi connectivity index (χ0) is 12.1. The van der Waals surface area contributed by atoms with Crippen LogP contribution in [0.5, 0.6) is 6.01 Å². The highest BCUT2D eigenvalue weighted by atomic mass is 16.5. The van der Waals surface area contributed by atoms with Gasteiger partial charge in [0.1, 0.15) is 6.61 Å². The minimum Gasteiger partial charge on any atom is -0.462 e. The lowest BCUT2D eigenvalue weighted by molar-refractivity contribution is -0.0120. The SMILES string of the molecule is CN1CCOCC1COc1nccc(CO)n1. The van der Waals surface area contributed by atoms with E-state index in [0.29, 0.717) is 24.9 Å². The van der Waals surface area contributed by atoms with Gasteiger partial charge in [0.15, 0.2) is 0 Å². The number of hydrogen-bond donors (Lipinski definition) is 1. The van der Waals surface area contributed by atoms with Gasteiger partial charge < -0.3 is 14.6 Å². The van der Waals surface area contributed by atoms with Crippen LogP contribution in [-0.2, 0) is 11.3 Å². The van der Waals surface area contributed by atoms with Gasteiger partial charge >= 0.3 is 6.01 Å². The van der Waals surface area contributed by atoms with Gasteiger partial charge in [-0.05, 0) is 13.1 Å². The number of ether oxygens (including phenoxy) is 2. The van der Waals surface area contributed by atoms with Crippen LogP contribution < -0.4 is 4.74 Å². The molecule has 1 aliphatic heterocycles. The minimum absolute atomic E-state index is 0.106. The second-order valence-electron chi connectivity index (χ2n) is 4.01. The number of rotatable bonds is 4. The molecular formula is C11H17N3O3. The van der Waals surface area contributed by atoms with Gasteiger partial charge in [0.25, 0.3) is 0 Å². The molecule has 0 bridgehead atoms. The zero-order valence-corrected chi connectivity index (χ0v) is 9.87. The first-order valence-electron chi connectivity index (χ1n) is 5.63. The Labute approximate surface area is 100 Å². The number of morpholine rings is 1. The second kappa shape index (κ2) is 5.90. The predicted molar refractivity (Wildman–Crippen MR) is 60.7 cm³/mol. The summed E-state index contributed by atoms with van der Waals surface area (Å²) in [5, 5.41) is 8.95. The van der Waals surface area contributed by atoms with E-state index in [0.717, 1.165) is 13.2 Å². The predicted octanol–water partition coefficient (Wildman–Crippen LogP) is -0.322. The first-order valence-corrected chi connectivity index (χ1v) is 5.63. The van der Waals surface area contributed by atoms with Crippen LogP contribution in [0, 0.1) is 0 Å². The van der Waals surface area contributed by atoms with Crippen LogP contribution >= 0.6 is 0 Å². The van der Waals surface area contributed by atoms with Crippen molar-refractivity contribution >= 4 is 0 Å². The Morgan fingerprint density at radius 3 is 3.29 bits per heavy atom. The van der Waals surface area contributed by atoms with E-state index in [9.17, 15) is 0 Å². The highest BCUT2D eigenvalue weighted by Crippen LogP contribution is 2.08. The molecule has 94 valence electrons. The van der Waals surface area contributed by atoms with Gasteiger partial charge in [-0.2, -0.15) is 4.98 Å². The van der Waals surface area contributed by atoms with Crippen LogP contribution in [0.4, 0.5) is 0 Å². The Kier molecular flexibility index (Phi) is 4.24. The third-order valence-corrected chi connectivity index (χ3v) is 2.78. The molecule has 0 spiro atoms. The fraction of sp³-hybridized carbons (Fsp3) is 0.636. The number of hydrogen-bond acceptors (Lipinski definition) is 6. The molecule has 0 amide bonds. The molecule has 6 heteroatoms. The van der Waals surface area contributed by atoms with Crippen LogP contribution in [0.15, 0.2) is 12.3 Å². The fourth-order valence-corrected chi connectivity index (χ4v) is 1.62. The lowest BCUT2D eigenvalue weighted by Gasteiger charge is -2.31. The van der Waals surface area contributed by atoms with E-state index >= 15 is 0 Å². The van der Waals surface area contributed by atoms with Crippen LogP contribution in [0.1, 0.15) is 5.69 Å². The molecule has 1 unspecified atom stereocenters. The summed E-state index contributed by atoms with van der Waals surface area (Å²) in [6, 6.07) is 2.18. The van der Waals surface area contributed by atoms with Gasteiger partial charge in [-0.15, -0.1) is 0 Å². The summed E-state index contributed by atoms with van der Waals surface area (Å²) in [7, 11) is 2.04. The van der Waals surface area contributed by atoms with Gasteiger partial charge in [-0.3, -0.25) is 4.90 Å². The molecule has 2 heterocycles. The molecule has 1 aliphatic rings. The number of aliphatic hydroxyl groups is 1.